The predicted octanol–water partition coefficient (Wildman–Crippen LogP) is 4.75. The molecule has 0 amide bonds. The zero-order valence-corrected chi connectivity index (χ0v) is 12.2. The highest BCUT2D eigenvalue weighted by atomic mass is 35.5. The van der Waals surface area contributed by atoms with Gasteiger partial charge in [0.05, 0.1) is 6.04 Å². The number of nitrogens with two attached hydrogens (primary N) is 1. The van der Waals surface area contributed by atoms with Crippen LogP contribution in [-0.2, 0) is 0 Å². The maximum atomic E-state index is 6.34. The third-order valence-corrected chi connectivity index (χ3v) is 3.86. The average Bonchev–Trinajstić information content (AvgIpc) is 2.74. The third kappa shape index (κ3) is 2.21. The molecule has 0 radical (unpaired) electrons. The Labute approximate surface area is 123 Å². The molecule has 3 aromatic rings. The summed E-state index contributed by atoms with van der Waals surface area (Å²) in [7, 11) is 0. The highest BCUT2D eigenvalue weighted by molar-refractivity contribution is 6.30. The average molecular weight is 286 g/mol. The predicted molar refractivity (Wildman–Crippen MR) is 83.2 cm³/mol. The third-order valence-electron chi connectivity index (χ3n) is 3.62. The van der Waals surface area contributed by atoms with Crippen molar-refractivity contribution < 1.29 is 4.42 Å². The van der Waals surface area contributed by atoms with Crippen LogP contribution in [0.5, 0.6) is 0 Å². The molecule has 20 heavy (non-hydrogen) atoms. The molecule has 3 heteroatoms. The van der Waals surface area contributed by atoms with Crippen LogP contribution in [-0.4, -0.2) is 0 Å². The van der Waals surface area contributed by atoms with Crippen LogP contribution in [0.3, 0.4) is 0 Å². The van der Waals surface area contributed by atoms with E-state index in [0.717, 1.165) is 27.9 Å². The van der Waals surface area contributed by atoms with Gasteiger partial charge < -0.3 is 10.2 Å². The number of fused-ring (bicyclic) bond motifs is 1. The van der Waals surface area contributed by atoms with Crippen molar-refractivity contribution in [2.45, 2.75) is 19.9 Å². The Balaban J connectivity index is 2.12. The van der Waals surface area contributed by atoms with Crippen molar-refractivity contribution in [2.75, 3.05) is 0 Å². The molecule has 0 aliphatic rings. The summed E-state index contributed by atoms with van der Waals surface area (Å²) in [4.78, 5) is 0. The van der Waals surface area contributed by atoms with Gasteiger partial charge in [-0.1, -0.05) is 35.9 Å². The van der Waals surface area contributed by atoms with Crippen LogP contribution in [0.4, 0.5) is 0 Å². The van der Waals surface area contributed by atoms with E-state index >= 15 is 0 Å². The first-order chi connectivity index (χ1) is 9.56. The summed E-state index contributed by atoms with van der Waals surface area (Å²) in [5.74, 6) is 0.799. The molecule has 0 aliphatic carbocycles. The van der Waals surface area contributed by atoms with Gasteiger partial charge in [0.2, 0.25) is 0 Å². The Hall–Kier alpha value is -1.77. The van der Waals surface area contributed by atoms with Crippen LogP contribution in [0.15, 0.2) is 46.9 Å². The van der Waals surface area contributed by atoms with Crippen molar-refractivity contribution in [1.82, 2.24) is 0 Å². The van der Waals surface area contributed by atoms with E-state index in [-0.39, 0.29) is 6.04 Å². The van der Waals surface area contributed by atoms with Gasteiger partial charge >= 0.3 is 0 Å². The van der Waals surface area contributed by atoms with Gasteiger partial charge in [-0.2, -0.15) is 0 Å². The van der Waals surface area contributed by atoms with Crippen LogP contribution in [0, 0.1) is 13.8 Å². The quantitative estimate of drug-likeness (QED) is 0.738. The standard InChI is InChI=1S/C17H16ClNO/c1-10-6-7-14-11(2)17(20-15(14)8-10)16(19)12-4-3-5-13(18)9-12/h3-9,16H,19H2,1-2H3. The lowest BCUT2D eigenvalue weighted by atomic mass is 10.0. The molecular formula is C17H16ClNO. The maximum Gasteiger partial charge on any atom is 0.134 e. The molecule has 0 bridgehead atoms. The van der Waals surface area contributed by atoms with E-state index in [2.05, 4.69) is 12.1 Å². The van der Waals surface area contributed by atoms with E-state index in [1.165, 1.54) is 5.56 Å². The normalized spacial score (nSPS) is 12.8. The maximum absolute atomic E-state index is 6.34. The lowest BCUT2D eigenvalue weighted by molar-refractivity contribution is 0.521. The number of halogens is 1. The molecule has 0 fully saturated rings. The van der Waals surface area contributed by atoms with Crippen molar-refractivity contribution >= 4 is 22.6 Å². The van der Waals surface area contributed by atoms with Crippen molar-refractivity contribution in [3.63, 3.8) is 0 Å². The van der Waals surface area contributed by atoms with Crippen LogP contribution in [0.2, 0.25) is 5.02 Å². The van der Waals surface area contributed by atoms with Gasteiger partial charge in [-0.15, -0.1) is 0 Å². The summed E-state index contributed by atoms with van der Waals surface area (Å²) in [6.45, 7) is 4.09. The monoisotopic (exact) mass is 285 g/mol. The Kier molecular flexibility index (Phi) is 3.28. The molecule has 3 rings (SSSR count). The summed E-state index contributed by atoms with van der Waals surface area (Å²) in [6, 6.07) is 13.5. The summed E-state index contributed by atoms with van der Waals surface area (Å²) in [5.41, 5.74) is 10.4. The second-order valence-corrected chi connectivity index (χ2v) is 5.56. The van der Waals surface area contributed by atoms with Gasteiger partial charge in [0.25, 0.3) is 0 Å². The molecule has 0 aliphatic heterocycles. The molecule has 0 spiro atoms. The fourth-order valence-electron chi connectivity index (χ4n) is 2.50. The first-order valence-corrected chi connectivity index (χ1v) is 6.95. The number of rotatable bonds is 2. The summed E-state index contributed by atoms with van der Waals surface area (Å²) in [6.07, 6.45) is 0. The smallest absolute Gasteiger partial charge is 0.134 e. The highest BCUT2D eigenvalue weighted by Crippen LogP contribution is 2.32. The van der Waals surface area contributed by atoms with Gasteiger partial charge in [-0.3, -0.25) is 0 Å². The minimum Gasteiger partial charge on any atom is -0.459 e. The van der Waals surface area contributed by atoms with Crippen molar-refractivity contribution in [3.8, 4) is 0 Å². The van der Waals surface area contributed by atoms with E-state index in [4.69, 9.17) is 21.8 Å². The van der Waals surface area contributed by atoms with Gasteiger partial charge in [0.1, 0.15) is 11.3 Å². The van der Waals surface area contributed by atoms with Gasteiger partial charge in [0.15, 0.2) is 0 Å². The number of benzene rings is 2. The molecule has 2 aromatic carbocycles. The van der Waals surface area contributed by atoms with Crippen LogP contribution in [0.25, 0.3) is 11.0 Å². The Bertz CT molecular complexity index is 776. The Morgan fingerprint density at radius 2 is 1.90 bits per heavy atom. The topological polar surface area (TPSA) is 39.2 Å². The van der Waals surface area contributed by atoms with Gasteiger partial charge in [-0.05, 0) is 43.2 Å². The molecule has 2 nitrogen and oxygen atoms in total. The zero-order chi connectivity index (χ0) is 14.3. The molecule has 0 saturated heterocycles. The molecular weight excluding hydrogens is 270 g/mol. The van der Waals surface area contributed by atoms with E-state index < -0.39 is 0 Å². The summed E-state index contributed by atoms with van der Waals surface area (Å²) < 4.78 is 5.97. The van der Waals surface area contributed by atoms with Crippen molar-refractivity contribution in [3.05, 3.63) is 69.9 Å². The van der Waals surface area contributed by atoms with Crippen LogP contribution < -0.4 is 5.73 Å². The minimum absolute atomic E-state index is 0.304. The van der Waals surface area contributed by atoms with E-state index in [1.54, 1.807) is 0 Å². The zero-order valence-electron chi connectivity index (χ0n) is 11.5. The fourth-order valence-corrected chi connectivity index (χ4v) is 2.70. The number of furan rings is 1. The van der Waals surface area contributed by atoms with Crippen LogP contribution >= 0.6 is 11.6 Å². The van der Waals surface area contributed by atoms with Crippen molar-refractivity contribution in [1.29, 1.82) is 0 Å². The molecule has 1 aromatic heterocycles. The lowest BCUT2D eigenvalue weighted by Gasteiger charge is -2.10. The van der Waals surface area contributed by atoms with Gasteiger partial charge in [0, 0.05) is 16.0 Å². The molecule has 1 unspecified atom stereocenters. The summed E-state index contributed by atoms with van der Waals surface area (Å²) >= 11 is 6.03. The molecule has 1 heterocycles. The molecule has 1 atom stereocenters. The Morgan fingerprint density at radius 3 is 2.65 bits per heavy atom. The van der Waals surface area contributed by atoms with E-state index in [0.29, 0.717) is 5.02 Å². The molecule has 2 N–H and O–H groups in total. The fraction of sp³-hybridized carbons (Fsp3) is 0.176. The second-order valence-electron chi connectivity index (χ2n) is 5.12. The SMILES string of the molecule is Cc1ccc2c(C)c(C(N)c3cccc(Cl)c3)oc2c1. The van der Waals surface area contributed by atoms with Crippen molar-refractivity contribution in [2.24, 2.45) is 5.73 Å². The number of aryl methyl sites for hydroxylation is 2. The van der Waals surface area contributed by atoms with Crippen LogP contribution in [0.1, 0.15) is 28.5 Å². The lowest BCUT2D eigenvalue weighted by Crippen LogP contribution is -2.11. The van der Waals surface area contributed by atoms with E-state index in [9.17, 15) is 0 Å². The van der Waals surface area contributed by atoms with E-state index in [1.807, 2.05) is 44.2 Å². The van der Waals surface area contributed by atoms with Gasteiger partial charge in [-0.25, -0.2) is 0 Å². The second kappa shape index (κ2) is 4.97. The molecule has 102 valence electrons. The first kappa shape index (κ1) is 13.2. The number of hydrogen-bond donors (Lipinski definition) is 1. The largest absolute Gasteiger partial charge is 0.459 e. The Morgan fingerprint density at radius 1 is 1.10 bits per heavy atom. The minimum atomic E-state index is -0.304. The highest BCUT2D eigenvalue weighted by Gasteiger charge is 2.18. The molecule has 0 saturated carbocycles. The summed E-state index contributed by atoms with van der Waals surface area (Å²) in [5, 5.41) is 1.80. The first-order valence-electron chi connectivity index (χ1n) is 6.57. The number of hydrogen-bond acceptors (Lipinski definition) is 2.